The molecule has 0 aliphatic carbocycles. The van der Waals surface area contributed by atoms with Gasteiger partial charge in [0.2, 0.25) is 17.7 Å². The molecule has 0 unspecified atom stereocenters. The first kappa shape index (κ1) is 23.8. The Bertz CT molecular complexity index is 1270. The fraction of sp³-hybridized carbons (Fsp3) is 0.500. The summed E-state index contributed by atoms with van der Waals surface area (Å²) in [6.07, 6.45) is 0.908. The molecular weight excluding hydrogens is 472 g/mol. The van der Waals surface area contributed by atoms with E-state index in [1.165, 1.54) is 0 Å². The van der Waals surface area contributed by atoms with Gasteiger partial charge in [0, 0.05) is 31.8 Å². The maximum absolute atomic E-state index is 13.8. The van der Waals surface area contributed by atoms with Gasteiger partial charge in [-0.2, -0.15) is 5.26 Å². The number of benzene rings is 1. The summed E-state index contributed by atoms with van der Waals surface area (Å²) in [7, 11) is 0. The average Bonchev–Trinajstić information content (AvgIpc) is 3.60. The summed E-state index contributed by atoms with van der Waals surface area (Å²) in [6, 6.07) is 5.38. The highest BCUT2D eigenvalue weighted by Crippen LogP contribution is 2.34. The molecule has 3 amide bonds. The summed E-state index contributed by atoms with van der Waals surface area (Å²) in [4.78, 5) is 40.9. The number of aromatic nitrogens is 3. The van der Waals surface area contributed by atoms with E-state index in [0.29, 0.717) is 19.6 Å². The number of carbonyl (C=O) groups excluding carboxylic acids is 3. The van der Waals surface area contributed by atoms with Crippen molar-refractivity contribution in [2.45, 2.75) is 63.8 Å². The average molecular weight is 498 g/mol. The first-order valence-corrected chi connectivity index (χ1v) is 11.8. The first-order chi connectivity index (χ1) is 17.1. The molecule has 0 spiro atoms. The molecule has 5 rings (SSSR count). The van der Waals surface area contributed by atoms with Crippen molar-refractivity contribution in [1.82, 2.24) is 30.1 Å². The number of halogens is 2. The summed E-state index contributed by atoms with van der Waals surface area (Å²) in [5.74, 6) is -5.26. The molecule has 12 heteroatoms. The van der Waals surface area contributed by atoms with E-state index < -0.39 is 48.7 Å². The molecule has 2 fully saturated rings. The van der Waals surface area contributed by atoms with Crippen molar-refractivity contribution >= 4 is 17.7 Å². The van der Waals surface area contributed by atoms with Crippen LogP contribution in [0.25, 0.3) is 0 Å². The lowest BCUT2D eigenvalue weighted by Crippen LogP contribution is -2.46. The molecule has 1 N–H and O–H groups in total. The van der Waals surface area contributed by atoms with E-state index in [1.807, 2.05) is 25.1 Å². The normalized spacial score (nSPS) is 24.5. The predicted molar refractivity (Wildman–Crippen MR) is 120 cm³/mol. The van der Waals surface area contributed by atoms with E-state index in [2.05, 4.69) is 15.6 Å². The van der Waals surface area contributed by atoms with E-state index in [4.69, 9.17) is 5.26 Å². The van der Waals surface area contributed by atoms with Gasteiger partial charge in [-0.25, -0.2) is 13.5 Å². The third-order valence-electron chi connectivity index (χ3n) is 7.19. The Kier molecular flexibility index (Phi) is 5.94. The third kappa shape index (κ3) is 4.41. The van der Waals surface area contributed by atoms with Crippen LogP contribution in [0.5, 0.6) is 0 Å². The largest absolute Gasteiger partial charge is 0.344 e. The lowest BCUT2D eigenvalue weighted by atomic mass is 9.99. The lowest BCUT2D eigenvalue weighted by Gasteiger charge is -2.22. The van der Waals surface area contributed by atoms with Crippen molar-refractivity contribution in [2.75, 3.05) is 6.54 Å². The molecule has 0 radical (unpaired) electrons. The van der Waals surface area contributed by atoms with Gasteiger partial charge >= 0.3 is 0 Å². The van der Waals surface area contributed by atoms with Gasteiger partial charge in [-0.3, -0.25) is 14.4 Å². The molecule has 1 aromatic carbocycles. The van der Waals surface area contributed by atoms with Gasteiger partial charge in [-0.05, 0) is 30.0 Å². The summed E-state index contributed by atoms with van der Waals surface area (Å²) >= 11 is 0. The Hall–Kier alpha value is -3.88. The zero-order valence-electron chi connectivity index (χ0n) is 19.7. The Labute approximate surface area is 205 Å². The Morgan fingerprint density at radius 2 is 2.11 bits per heavy atom. The fourth-order valence-electron chi connectivity index (χ4n) is 5.23. The van der Waals surface area contributed by atoms with E-state index in [0.717, 1.165) is 27.3 Å². The molecular formula is C24H25F2N7O3. The number of nitrogens with one attached hydrogen (secondary N) is 1. The maximum atomic E-state index is 13.8. The van der Waals surface area contributed by atoms with Crippen molar-refractivity contribution in [1.29, 1.82) is 5.26 Å². The third-order valence-corrected chi connectivity index (χ3v) is 7.19. The molecule has 1 aromatic heterocycles. The number of carbonyl (C=O) groups is 3. The number of hydrogen-bond acceptors (Lipinski definition) is 6. The lowest BCUT2D eigenvalue weighted by molar-refractivity contribution is -0.135. The van der Waals surface area contributed by atoms with Gasteiger partial charge in [0.1, 0.15) is 12.1 Å². The smallest absolute Gasteiger partial charge is 0.268 e. The second kappa shape index (κ2) is 8.96. The molecule has 2 aromatic rings. The van der Waals surface area contributed by atoms with Crippen molar-refractivity contribution in [3.05, 3.63) is 46.8 Å². The van der Waals surface area contributed by atoms with Gasteiger partial charge in [0.15, 0.2) is 0 Å². The van der Waals surface area contributed by atoms with Crippen LogP contribution >= 0.6 is 0 Å². The van der Waals surface area contributed by atoms with Crippen LogP contribution in [0.4, 0.5) is 8.78 Å². The van der Waals surface area contributed by atoms with Gasteiger partial charge in [-0.1, -0.05) is 23.4 Å². The SMILES string of the molecule is Cc1cnnn1Cc1cccc2c1CN(C(=O)C[C@@H]1C[C@@H](C(=O)N3CC(F)(F)C[C@H]3C#N)NC1=O)C2. The van der Waals surface area contributed by atoms with Crippen LogP contribution in [-0.2, 0) is 34.0 Å². The van der Waals surface area contributed by atoms with E-state index >= 15 is 0 Å². The van der Waals surface area contributed by atoms with Crippen LogP contribution in [0.1, 0.15) is 41.6 Å². The number of nitrogens with zero attached hydrogens (tertiary/aromatic N) is 6. The number of aryl methyl sites for hydroxylation is 1. The minimum atomic E-state index is -3.13. The Balaban J connectivity index is 1.21. The highest BCUT2D eigenvalue weighted by molar-refractivity contribution is 5.94. The standard InChI is InChI=1S/C24H25F2N7O3/c1-14-9-28-30-33(14)11-16-4-2-3-15-10-31(12-19(15)16)21(34)6-17-5-20(29-22(17)35)23(36)32-13-24(25,26)7-18(32)8-27/h2-4,9,17-18,20H,5-7,10-13H2,1H3,(H,29,35)/t17-,18-,20-/m0/s1. The number of rotatable bonds is 5. The topological polar surface area (TPSA) is 124 Å². The molecule has 0 bridgehead atoms. The van der Waals surface area contributed by atoms with E-state index in [9.17, 15) is 23.2 Å². The molecule has 2 saturated heterocycles. The zero-order chi connectivity index (χ0) is 25.6. The zero-order valence-corrected chi connectivity index (χ0v) is 19.7. The number of fused-ring (bicyclic) bond motifs is 1. The fourth-order valence-corrected chi connectivity index (χ4v) is 5.23. The first-order valence-electron chi connectivity index (χ1n) is 11.8. The van der Waals surface area contributed by atoms with E-state index in [-0.39, 0.29) is 18.7 Å². The molecule has 0 saturated carbocycles. The van der Waals surface area contributed by atoms with Gasteiger partial charge in [-0.15, -0.1) is 5.10 Å². The Morgan fingerprint density at radius 1 is 1.31 bits per heavy atom. The molecule has 10 nitrogen and oxygen atoms in total. The maximum Gasteiger partial charge on any atom is 0.268 e. The number of alkyl halides is 2. The van der Waals surface area contributed by atoms with Crippen molar-refractivity contribution in [3.63, 3.8) is 0 Å². The molecule has 4 heterocycles. The number of amides is 3. The number of nitriles is 1. The summed E-state index contributed by atoms with van der Waals surface area (Å²) in [5, 5.41) is 19.7. The second-order valence-electron chi connectivity index (χ2n) is 9.71. The molecule has 3 atom stereocenters. The van der Waals surface area contributed by atoms with Crippen molar-refractivity contribution in [3.8, 4) is 6.07 Å². The summed E-state index contributed by atoms with van der Waals surface area (Å²) in [6.45, 7) is 2.43. The summed E-state index contributed by atoms with van der Waals surface area (Å²) in [5.41, 5.74) is 4.03. The predicted octanol–water partition coefficient (Wildman–Crippen LogP) is 1.13. The molecule has 3 aliphatic rings. The highest BCUT2D eigenvalue weighted by atomic mass is 19.3. The van der Waals surface area contributed by atoms with Crippen LogP contribution < -0.4 is 5.32 Å². The minimum absolute atomic E-state index is 0.0290. The van der Waals surface area contributed by atoms with E-state index in [1.54, 1.807) is 21.8 Å². The van der Waals surface area contributed by atoms with Crippen molar-refractivity contribution in [2.24, 2.45) is 5.92 Å². The van der Waals surface area contributed by atoms with Gasteiger partial charge in [0.25, 0.3) is 5.92 Å². The highest BCUT2D eigenvalue weighted by Gasteiger charge is 2.50. The van der Waals surface area contributed by atoms with Gasteiger partial charge < -0.3 is 15.1 Å². The van der Waals surface area contributed by atoms with Crippen LogP contribution in [0.3, 0.4) is 0 Å². The molecule has 36 heavy (non-hydrogen) atoms. The van der Waals surface area contributed by atoms with Gasteiger partial charge in [0.05, 0.1) is 31.0 Å². The Morgan fingerprint density at radius 3 is 2.83 bits per heavy atom. The van der Waals surface area contributed by atoms with Crippen LogP contribution in [0.2, 0.25) is 0 Å². The van der Waals surface area contributed by atoms with Crippen LogP contribution in [0, 0.1) is 24.2 Å². The van der Waals surface area contributed by atoms with Crippen LogP contribution in [-0.4, -0.2) is 67.1 Å². The van der Waals surface area contributed by atoms with Crippen molar-refractivity contribution < 1.29 is 23.2 Å². The van der Waals surface area contributed by atoms with Crippen LogP contribution in [0.15, 0.2) is 24.4 Å². The summed E-state index contributed by atoms with van der Waals surface area (Å²) < 4.78 is 29.3. The minimum Gasteiger partial charge on any atom is -0.344 e. The molecule has 188 valence electrons. The molecule has 3 aliphatic heterocycles. The number of likely N-dealkylation sites (tertiary alicyclic amines) is 1. The second-order valence-corrected chi connectivity index (χ2v) is 9.71. The monoisotopic (exact) mass is 497 g/mol. The quantitative estimate of drug-likeness (QED) is 0.661. The number of hydrogen-bond donors (Lipinski definition) is 1.